The van der Waals surface area contributed by atoms with Crippen molar-refractivity contribution in [1.29, 1.82) is 0 Å². The Morgan fingerprint density at radius 1 is 1.00 bits per heavy atom. The molecule has 2 aromatic rings. The maximum absolute atomic E-state index is 14.9. The molecule has 3 N–H and O–H groups in total. The Balaban J connectivity index is 1.17. The van der Waals surface area contributed by atoms with Gasteiger partial charge in [-0.3, -0.25) is 19.1 Å². The van der Waals surface area contributed by atoms with E-state index >= 15 is 0 Å². The number of methoxy groups -OCH3 is 1. The minimum absolute atomic E-state index is 0.0300. The largest absolute Gasteiger partial charge is 0.489 e. The molecule has 5 aliphatic rings. The van der Waals surface area contributed by atoms with E-state index in [9.17, 15) is 27.6 Å². The van der Waals surface area contributed by atoms with Gasteiger partial charge >= 0.3 is 6.09 Å². The lowest BCUT2D eigenvalue weighted by Gasteiger charge is -2.32. The van der Waals surface area contributed by atoms with Gasteiger partial charge in [0.1, 0.15) is 42.2 Å². The highest BCUT2D eigenvalue weighted by molar-refractivity contribution is 7.91. The topological polar surface area (TPSA) is 192 Å². The highest BCUT2D eigenvalue weighted by atomic mass is 32.2. The van der Waals surface area contributed by atoms with Crippen LogP contribution in [0.2, 0.25) is 0 Å². The zero-order chi connectivity index (χ0) is 43.0. The van der Waals surface area contributed by atoms with E-state index in [0.29, 0.717) is 61.9 Å². The van der Waals surface area contributed by atoms with Crippen LogP contribution in [0.25, 0.3) is 10.8 Å². The van der Waals surface area contributed by atoms with Crippen molar-refractivity contribution in [2.24, 2.45) is 29.6 Å². The van der Waals surface area contributed by atoms with Gasteiger partial charge in [-0.2, -0.15) is 0 Å². The fourth-order valence-electron chi connectivity index (χ4n) is 9.06. The monoisotopic (exact) mass is 851 g/mol. The van der Waals surface area contributed by atoms with Crippen LogP contribution in [0.15, 0.2) is 42.6 Å². The molecule has 5 fully saturated rings. The van der Waals surface area contributed by atoms with Crippen molar-refractivity contribution in [3.63, 3.8) is 0 Å². The lowest BCUT2D eigenvalue weighted by atomic mass is 9.91. The molecule has 16 heteroatoms. The molecular weight excluding hydrogens is 791 g/mol. The maximum atomic E-state index is 14.9. The maximum Gasteiger partial charge on any atom is 0.408 e. The number of hydrogen-bond donors (Lipinski definition) is 3. The van der Waals surface area contributed by atoms with Crippen LogP contribution in [0.3, 0.4) is 0 Å². The molecule has 1 aliphatic heterocycles. The quantitative estimate of drug-likeness (QED) is 0.127. The first-order valence-corrected chi connectivity index (χ1v) is 23.1. The minimum Gasteiger partial charge on any atom is -0.489 e. The molecule has 60 heavy (non-hydrogen) atoms. The summed E-state index contributed by atoms with van der Waals surface area (Å²) in [6.07, 6.45) is 8.84. The number of amides is 4. The third-order valence-electron chi connectivity index (χ3n) is 13.0. The average molecular weight is 852 g/mol. The number of nitrogens with one attached hydrogen (secondary N) is 3. The van der Waals surface area contributed by atoms with Gasteiger partial charge in [0.15, 0.2) is 0 Å². The number of sulfonamides is 1. The molecule has 15 nitrogen and oxygen atoms in total. The zero-order valence-corrected chi connectivity index (χ0v) is 36.4. The highest BCUT2D eigenvalue weighted by Crippen LogP contribution is 2.52. The number of nitrogens with zero attached hydrogens (tertiary/aromatic N) is 2. The second-order valence-corrected chi connectivity index (χ2v) is 20.5. The number of ether oxygens (including phenoxy) is 4. The molecule has 1 aromatic carbocycles. The number of benzene rings is 1. The van der Waals surface area contributed by atoms with E-state index in [1.165, 1.54) is 11.3 Å². The lowest BCUT2D eigenvalue weighted by molar-refractivity contribution is -0.142. The van der Waals surface area contributed by atoms with Crippen molar-refractivity contribution >= 4 is 44.6 Å². The van der Waals surface area contributed by atoms with Crippen LogP contribution in [0.5, 0.6) is 11.6 Å². The summed E-state index contributed by atoms with van der Waals surface area (Å²) < 4.78 is 51.1. The molecule has 2 unspecified atom stereocenters. The van der Waals surface area contributed by atoms with Gasteiger partial charge in [0.25, 0.3) is 5.91 Å². The second kappa shape index (κ2) is 17.5. The number of hydrogen-bond acceptors (Lipinski definition) is 11. The molecule has 7 rings (SSSR count). The highest BCUT2D eigenvalue weighted by Gasteiger charge is 2.63. The van der Waals surface area contributed by atoms with E-state index in [-0.39, 0.29) is 43.2 Å². The fourth-order valence-corrected chi connectivity index (χ4v) is 10.4. The van der Waals surface area contributed by atoms with Gasteiger partial charge in [-0.25, -0.2) is 18.2 Å². The van der Waals surface area contributed by atoms with Gasteiger partial charge in [0, 0.05) is 30.2 Å². The number of rotatable bonds is 19. The predicted molar refractivity (Wildman–Crippen MR) is 223 cm³/mol. The molecular formula is C44H61N5O10S. The summed E-state index contributed by atoms with van der Waals surface area (Å²) in [4.78, 5) is 63.0. The Morgan fingerprint density at radius 2 is 1.72 bits per heavy atom. The molecule has 0 spiro atoms. The van der Waals surface area contributed by atoms with Crippen LogP contribution in [-0.4, -0.2) is 104 Å². The van der Waals surface area contributed by atoms with Crippen molar-refractivity contribution < 1.29 is 46.5 Å². The lowest BCUT2D eigenvalue weighted by Crippen LogP contribution is -2.59. The minimum atomic E-state index is -4.01. The molecule has 4 amide bonds. The molecule has 1 aromatic heterocycles. The summed E-state index contributed by atoms with van der Waals surface area (Å²) in [6.45, 7) is 10.2. The van der Waals surface area contributed by atoms with Gasteiger partial charge in [0.05, 0.1) is 24.1 Å². The molecule has 4 aliphatic carbocycles. The van der Waals surface area contributed by atoms with Crippen molar-refractivity contribution in [2.75, 3.05) is 26.9 Å². The molecule has 0 bridgehead atoms. The van der Waals surface area contributed by atoms with E-state index in [0.717, 1.165) is 18.2 Å². The molecule has 9 atom stereocenters. The Kier molecular flexibility index (Phi) is 12.7. The van der Waals surface area contributed by atoms with Crippen molar-refractivity contribution in [3.8, 4) is 11.6 Å². The zero-order valence-electron chi connectivity index (χ0n) is 35.6. The van der Waals surface area contributed by atoms with Gasteiger partial charge in [-0.1, -0.05) is 58.0 Å². The number of carbonyl (C=O) groups is 4. The summed E-state index contributed by atoms with van der Waals surface area (Å²) in [5.41, 5.74) is -1.54. The Morgan fingerprint density at radius 3 is 2.38 bits per heavy atom. The molecule has 2 heterocycles. The van der Waals surface area contributed by atoms with Crippen molar-refractivity contribution in [2.45, 2.75) is 127 Å². The third-order valence-corrected chi connectivity index (χ3v) is 15.2. The van der Waals surface area contributed by atoms with Crippen LogP contribution < -0.4 is 24.8 Å². The van der Waals surface area contributed by atoms with E-state index in [1.54, 1.807) is 20.2 Å². The molecule has 328 valence electrons. The van der Waals surface area contributed by atoms with Crippen LogP contribution in [-0.2, 0) is 33.9 Å². The average Bonchev–Trinajstić information content (AvgIpc) is 4.16. The second-order valence-electron chi connectivity index (χ2n) is 18.3. The molecule has 0 radical (unpaired) electrons. The van der Waals surface area contributed by atoms with Crippen LogP contribution in [0, 0.1) is 29.6 Å². The summed E-state index contributed by atoms with van der Waals surface area (Å²) in [6, 6.07) is 5.30. The predicted octanol–water partition coefficient (Wildman–Crippen LogP) is 5.02. The van der Waals surface area contributed by atoms with E-state index < -0.39 is 68.2 Å². The normalized spacial score (nSPS) is 28.5. The summed E-state index contributed by atoms with van der Waals surface area (Å²) in [5.74, 6) is -0.502. The van der Waals surface area contributed by atoms with E-state index in [2.05, 4.69) is 20.3 Å². The van der Waals surface area contributed by atoms with Crippen LogP contribution >= 0.6 is 0 Å². The SMILES string of the molecule is CC/C=C\[C@@H]1C[C@]1(NC(=O)[C@@H]1C[C@@H](Oc2ncc(OCCOC)c3ccccc23)CN1C(=O)[C@@H](NC(=O)OC1CC2C[C@H]2C1)[C@H](C)CC(C)C)C(=O)NS(=O)(=O)C1(C)CC1. The number of allylic oxidation sites excluding steroid dienone is 1. The first-order chi connectivity index (χ1) is 28.6. The number of pyridine rings is 1. The van der Waals surface area contributed by atoms with Gasteiger partial charge < -0.3 is 34.5 Å². The van der Waals surface area contributed by atoms with Gasteiger partial charge in [0.2, 0.25) is 27.7 Å². The van der Waals surface area contributed by atoms with E-state index in [4.69, 9.17) is 18.9 Å². The number of likely N-dealkylation sites (tertiary alicyclic amines) is 1. The van der Waals surface area contributed by atoms with Crippen molar-refractivity contribution in [3.05, 3.63) is 42.6 Å². The Bertz CT molecular complexity index is 2080. The molecule has 4 saturated carbocycles. The smallest absolute Gasteiger partial charge is 0.408 e. The van der Waals surface area contributed by atoms with E-state index in [1.807, 2.05) is 64.1 Å². The van der Waals surface area contributed by atoms with Crippen LogP contribution in [0.1, 0.15) is 92.4 Å². The van der Waals surface area contributed by atoms with Gasteiger partial charge in [-0.05, 0) is 88.0 Å². The van der Waals surface area contributed by atoms with Gasteiger partial charge in [-0.15, -0.1) is 0 Å². The summed E-state index contributed by atoms with van der Waals surface area (Å²) >= 11 is 0. The third kappa shape index (κ3) is 9.39. The first-order valence-electron chi connectivity index (χ1n) is 21.6. The number of carbonyl (C=O) groups excluding carboxylic acids is 4. The number of aromatic nitrogens is 1. The standard InChI is InChI=1S/C44H61N5O10S/c1-7-8-11-30-23-44(30,41(52)48-60(54,55)43(5)14-15-43)47-38(50)35-22-32(58-39-34-13-10-9-12-33(34)36(24-45-39)57-17-16-56-6)25-49(35)40(51)37(27(4)18-26(2)3)46-42(53)59-31-20-28-19-29(28)21-31/h8-13,24,26-32,35,37H,7,14-23,25H2,1-6H3,(H,46,53)(H,47,50)(H,48,52)/b11-8-/t27-,28+,29?,30-,31?,32-,35+,37+,44-/m1/s1. The summed E-state index contributed by atoms with van der Waals surface area (Å²) in [5, 5.41) is 7.23. The Hall–Kier alpha value is -4.44. The number of fused-ring (bicyclic) bond motifs is 2. The molecule has 1 saturated heterocycles. The van der Waals surface area contributed by atoms with Crippen LogP contribution in [0.4, 0.5) is 4.79 Å². The number of alkyl carbamates (subject to hydrolysis) is 1. The first kappa shape index (κ1) is 43.6. The Labute approximate surface area is 353 Å². The summed E-state index contributed by atoms with van der Waals surface area (Å²) in [7, 11) is -2.42. The fraction of sp³-hybridized carbons (Fsp3) is 0.659. The van der Waals surface area contributed by atoms with Crippen molar-refractivity contribution in [1.82, 2.24) is 25.2 Å².